The summed E-state index contributed by atoms with van der Waals surface area (Å²) in [4.78, 5) is 11.1. The molecule has 1 aromatic rings. The molecule has 1 aromatic carbocycles. The third kappa shape index (κ3) is 3.76. The van der Waals surface area contributed by atoms with Crippen molar-refractivity contribution in [3.63, 3.8) is 0 Å². The lowest BCUT2D eigenvalue weighted by Crippen LogP contribution is -2.30. The Balaban J connectivity index is 3.21. The number of carbonyl (C=O) groups excluding carboxylic acids is 1. The van der Waals surface area contributed by atoms with Crippen molar-refractivity contribution in [2.45, 2.75) is 18.7 Å². The topological polar surface area (TPSA) is 86.7 Å². The van der Waals surface area contributed by atoms with E-state index in [1.807, 2.05) is 0 Å². The molecule has 0 fully saturated rings. The molecule has 0 aliphatic rings. The van der Waals surface area contributed by atoms with E-state index < -0.39 is 10.0 Å². The van der Waals surface area contributed by atoms with Crippen LogP contribution in [0.3, 0.4) is 0 Å². The fourth-order valence-corrected chi connectivity index (χ4v) is 3.00. The second-order valence-corrected chi connectivity index (χ2v) is 6.22. The maximum atomic E-state index is 12.3. The van der Waals surface area contributed by atoms with Gasteiger partial charge in [0.25, 0.3) is 0 Å². The van der Waals surface area contributed by atoms with Gasteiger partial charge in [0.15, 0.2) is 0 Å². The van der Waals surface area contributed by atoms with E-state index in [1.165, 1.54) is 20.0 Å². The molecular formula is C12H18N2O4S. The molecule has 0 heterocycles. The summed E-state index contributed by atoms with van der Waals surface area (Å²) in [6.45, 7) is 2.80. The fourth-order valence-electron chi connectivity index (χ4n) is 1.59. The number of carbonyl (C=O) groups is 1. The number of aliphatic hydroxyl groups excluding tert-OH is 1. The van der Waals surface area contributed by atoms with Crippen LogP contribution in [0.2, 0.25) is 0 Å². The van der Waals surface area contributed by atoms with Crippen LogP contribution in [0.15, 0.2) is 23.1 Å². The molecule has 0 bridgehead atoms. The van der Waals surface area contributed by atoms with Crippen molar-refractivity contribution in [2.24, 2.45) is 0 Å². The maximum Gasteiger partial charge on any atom is 0.243 e. The van der Waals surface area contributed by atoms with Gasteiger partial charge in [-0.25, -0.2) is 8.42 Å². The highest BCUT2D eigenvalue weighted by Gasteiger charge is 2.22. The second kappa shape index (κ2) is 6.14. The Bertz CT molecular complexity index is 569. The molecule has 19 heavy (non-hydrogen) atoms. The van der Waals surface area contributed by atoms with Gasteiger partial charge in [0, 0.05) is 26.2 Å². The molecule has 0 aromatic heterocycles. The zero-order valence-electron chi connectivity index (χ0n) is 11.2. The Labute approximate surface area is 113 Å². The average Bonchev–Trinajstić information content (AvgIpc) is 2.31. The molecule has 0 unspecified atom stereocenters. The lowest BCUT2D eigenvalue weighted by molar-refractivity contribution is -0.114. The number of hydrogen-bond acceptors (Lipinski definition) is 4. The summed E-state index contributed by atoms with van der Waals surface area (Å²) in [5.74, 6) is -0.268. The third-order valence-electron chi connectivity index (χ3n) is 2.61. The Kier molecular flexibility index (Phi) is 5.04. The number of aliphatic hydroxyl groups is 1. The molecule has 0 aliphatic heterocycles. The van der Waals surface area contributed by atoms with Crippen LogP contribution in [0, 0.1) is 6.92 Å². The van der Waals surface area contributed by atoms with E-state index in [2.05, 4.69) is 5.32 Å². The molecule has 0 saturated heterocycles. The van der Waals surface area contributed by atoms with Gasteiger partial charge in [-0.3, -0.25) is 4.79 Å². The monoisotopic (exact) mass is 286 g/mol. The third-order valence-corrected chi connectivity index (χ3v) is 4.61. The van der Waals surface area contributed by atoms with Gasteiger partial charge in [0.05, 0.1) is 11.5 Å². The molecule has 0 aliphatic carbocycles. The van der Waals surface area contributed by atoms with E-state index in [9.17, 15) is 13.2 Å². The molecule has 0 spiro atoms. The van der Waals surface area contributed by atoms with Crippen LogP contribution in [-0.2, 0) is 14.8 Å². The molecule has 0 radical (unpaired) electrons. The van der Waals surface area contributed by atoms with Crippen molar-refractivity contribution in [3.8, 4) is 0 Å². The summed E-state index contributed by atoms with van der Waals surface area (Å²) in [6, 6.07) is 4.69. The number of sulfonamides is 1. The summed E-state index contributed by atoms with van der Waals surface area (Å²) in [6.07, 6.45) is 0. The first-order chi connectivity index (χ1) is 8.78. The van der Waals surface area contributed by atoms with Gasteiger partial charge in [-0.15, -0.1) is 0 Å². The quantitative estimate of drug-likeness (QED) is 0.828. The van der Waals surface area contributed by atoms with Gasteiger partial charge >= 0.3 is 0 Å². The van der Waals surface area contributed by atoms with E-state index >= 15 is 0 Å². The summed E-state index contributed by atoms with van der Waals surface area (Å²) >= 11 is 0. The second-order valence-electron chi connectivity index (χ2n) is 4.21. The molecule has 7 heteroatoms. The van der Waals surface area contributed by atoms with Crippen LogP contribution >= 0.6 is 0 Å². The summed E-state index contributed by atoms with van der Waals surface area (Å²) < 4.78 is 25.6. The number of hydrogen-bond donors (Lipinski definition) is 2. The molecule has 6 nitrogen and oxygen atoms in total. The lowest BCUT2D eigenvalue weighted by Gasteiger charge is -2.18. The zero-order chi connectivity index (χ0) is 14.6. The van der Waals surface area contributed by atoms with Crippen LogP contribution in [0.5, 0.6) is 0 Å². The largest absolute Gasteiger partial charge is 0.395 e. The Morgan fingerprint density at radius 3 is 2.58 bits per heavy atom. The average molecular weight is 286 g/mol. The van der Waals surface area contributed by atoms with Crippen molar-refractivity contribution >= 4 is 21.6 Å². The van der Waals surface area contributed by atoms with Gasteiger partial charge in [-0.2, -0.15) is 4.31 Å². The van der Waals surface area contributed by atoms with E-state index in [0.29, 0.717) is 11.3 Å². The highest BCUT2D eigenvalue weighted by molar-refractivity contribution is 7.89. The van der Waals surface area contributed by atoms with E-state index in [1.54, 1.807) is 19.1 Å². The van der Waals surface area contributed by atoms with Crippen molar-refractivity contribution in [3.05, 3.63) is 23.8 Å². The minimum atomic E-state index is -3.67. The predicted octanol–water partition coefficient (Wildman–Crippen LogP) is 0.566. The SMILES string of the molecule is CC(=O)Nc1ccc(C)c(S(=O)(=O)N(C)CCO)c1. The van der Waals surface area contributed by atoms with Crippen molar-refractivity contribution in [2.75, 3.05) is 25.5 Å². The molecule has 1 amide bonds. The highest BCUT2D eigenvalue weighted by atomic mass is 32.2. The van der Waals surface area contributed by atoms with Crippen molar-refractivity contribution in [1.29, 1.82) is 0 Å². The van der Waals surface area contributed by atoms with Crippen LogP contribution in [0.4, 0.5) is 5.69 Å². The van der Waals surface area contributed by atoms with E-state index in [4.69, 9.17) is 5.11 Å². The normalized spacial score (nSPS) is 11.6. The molecule has 0 saturated carbocycles. The van der Waals surface area contributed by atoms with E-state index in [0.717, 1.165) is 4.31 Å². The molecule has 106 valence electrons. The number of nitrogens with zero attached hydrogens (tertiary/aromatic N) is 1. The van der Waals surface area contributed by atoms with Gasteiger partial charge < -0.3 is 10.4 Å². The lowest BCUT2D eigenvalue weighted by atomic mass is 10.2. The van der Waals surface area contributed by atoms with Crippen LogP contribution in [0.25, 0.3) is 0 Å². The number of nitrogens with one attached hydrogen (secondary N) is 1. The Hall–Kier alpha value is -1.44. The number of anilines is 1. The molecule has 0 atom stereocenters. The summed E-state index contributed by atoms with van der Waals surface area (Å²) in [5, 5.41) is 11.4. The highest BCUT2D eigenvalue weighted by Crippen LogP contribution is 2.22. The first kappa shape index (κ1) is 15.6. The van der Waals surface area contributed by atoms with Gasteiger partial charge in [0.1, 0.15) is 0 Å². The molecule has 2 N–H and O–H groups in total. The smallest absolute Gasteiger partial charge is 0.243 e. The standard InChI is InChI=1S/C12H18N2O4S/c1-9-4-5-11(13-10(2)16)8-12(9)19(17,18)14(3)6-7-15/h4-5,8,15H,6-7H2,1-3H3,(H,13,16). The van der Waals surface area contributed by atoms with Crippen LogP contribution < -0.4 is 5.32 Å². The molecule has 1 rings (SSSR count). The number of aryl methyl sites for hydroxylation is 1. The van der Waals surface area contributed by atoms with Crippen molar-refractivity contribution < 1.29 is 18.3 Å². The van der Waals surface area contributed by atoms with Crippen LogP contribution in [-0.4, -0.2) is 43.9 Å². The minimum Gasteiger partial charge on any atom is -0.395 e. The number of amides is 1. The zero-order valence-corrected chi connectivity index (χ0v) is 12.0. The number of likely N-dealkylation sites (N-methyl/N-ethyl adjacent to an activating group) is 1. The van der Waals surface area contributed by atoms with Crippen LogP contribution in [0.1, 0.15) is 12.5 Å². The van der Waals surface area contributed by atoms with Gasteiger partial charge in [0.2, 0.25) is 15.9 Å². The van der Waals surface area contributed by atoms with E-state index in [-0.39, 0.29) is 24.0 Å². The van der Waals surface area contributed by atoms with Gasteiger partial charge in [-0.1, -0.05) is 6.07 Å². The minimum absolute atomic E-state index is 0.0200. The molecular weight excluding hydrogens is 268 g/mol. The van der Waals surface area contributed by atoms with Gasteiger partial charge in [-0.05, 0) is 24.6 Å². The predicted molar refractivity (Wildman–Crippen MR) is 72.4 cm³/mol. The Morgan fingerprint density at radius 1 is 1.42 bits per heavy atom. The number of rotatable bonds is 5. The Morgan fingerprint density at radius 2 is 2.05 bits per heavy atom. The number of benzene rings is 1. The maximum absolute atomic E-state index is 12.3. The first-order valence-electron chi connectivity index (χ1n) is 5.74. The fraction of sp³-hybridized carbons (Fsp3) is 0.417. The first-order valence-corrected chi connectivity index (χ1v) is 7.18. The summed E-state index contributed by atoms with van der Waals surface area (Å²) in [5.41, 5.74) is 1.01. The summed E-state index contributed by atoms with van der Waals surface area (Å²) in [7, 11) is -2.27. The van der Waals surface area contributed by atoms with Crippen molar-refractivity contribution in [1.82, 2.24) is 4.31 Å².